The van der Waals surface area contributed by atoms with Crippen LogP contribution in [0.2, 0.25) is 0 Å². The van der Waals surface area contributed by atoms with Gasteiger partial charge in [0, 0.05) is 30.6 Å². The zero-order valence-corrected chi connectivity index (χ0v) is 17.9. The lowest BCUT2D eigenvalue weighted by atomic mass is 9.76. The minimum atomic E-state index is -0.176. The molecular weight excluding hydrogens is 372 g/mol. The van der Waals surface area contributed by atoms with E-state index in [4.69, 9.17) is 20.5 Å². The SMILES string of the molecule is CC#Cc1cncc(-c2ccc3c(c2)N=C(C)C(N)=NC2(CCC(OC)CC2)C3)c1. The molecule has 1 saturated carbocycles. The molecule has 1 spiro atoms. The highest BCUT2D eigenvalue weighted by molar-refractivity contribution is 6.40. The first kappa shape index (κ1) is 20.3. The second-order valence-electron chi connectivity index (χ2n) is 8.21. The highest BCUT2D eigenvalue weighted by Gasteiger charge is 2.37. The Balaban J connectivity index is 1.73. The van der Waals surface area contributed by atoms with E-state index in [1.165, 1.54) is 5.56 Å². The fourth-order valence-corrected chi connectivity index (χ4v) is 4.43. The molecule has 0 radical (unpaired) electrons. The van der Waals surface area contributed by atoms with E-state index in [0.717, 1.165) is 60.2 Å². The number of hydrogen-bond donors (Lipinski definition) is 1. The third-order valence-electron chi connectivity index (χ3n) is 6.16. The van der Waals surface area contributed by atoms with Crippen LogP contribution in [0.5, 0.6) is 0 Å². The Hall–Kier alpha value is -2.97. The Morgan fingerprint density at radius 2 is 1.93 bits per heavy atom. The smallest absolute Gasteiger partial charge is 0.140 e. The summed E-state index contributed by atoms with van der Waals surface area (Å²) in [5, 5.41) is 0. The number of pyridine rings is 1. The van der Waals surface area contributed by atoms with Gasteiger partial charge in [-0.1, -0.05) is 18.1 Å². The van der Waals surface area contributed by atoms with Gasteiger partial charge in [-0.3, -0.25) is 9.98 Å². The third-order valence-corrected chi connectivity index (χ3v) is 6.16. The molecule has 0 atom stereocenters. The molecule has 1 aromatic heterocycles. The van der Waals surface area contributed by atoms with Crippen molar-refractivity contribution < 1.29 is 4.74 Å². The summed E-state index contributed by atoms with van der Waals surface area (Å²) in [6, 6.07) is 8.52. The standard InChI is InChI=1S/C25H28N4O/c1-4-5-18-12-21(16-27-15-18)19-6-7-20-14-25(10-8-22(30-3)9-11-25)29-24(26)17(2)28-23(20)13-19/h6-7,12-13,15-16,22H,8-11,14H2,1-3H3,(H2,26,29). The van der Waals surface area contributed by atoms with E-state index in [2.05, 4.69) is 41.1 Å². The summed E-state index contributed by atoms with van der Waals surface area (Å²) >= 11 is 0. The Morgan fingerprint density at radius 1 is 1.13 bits per heavy atom. The number of nitrogens with two attached hydrogens (primary N) is 1. The fraction of sp³-hybridized carbons (Fsp3) is 0.400. The molecule has 0 saturated heterocycles. The second-order valence-corrected chi connectivity index (χ2v) is 8.21. The fourth-order valence-electron chi connectivity index (χ4n) is 4.43. The molecule has 5 nitrogen and oxygen atoms in total. The summed E-state index contributed by atoms with van der Waals surface area (Å²) in [7, 11) is 1.79. The first-order valence-corrected chi connectivity index (χ1v) is 10.5. The molecule has 2 N–H and O–H groups in total. The van der Waals surface area contributed by atoms with Crippen molar-refractivity contribution in [3.8, 4) is 23.0 Å². The minimum Gasteiger partial charge on any atom is -0.382 e. The Kier molecular flexibility index (Phi) is 5.69. The molecule has 2 heterocycles. The van der Waals surface area contributed by atoms with Crippen LogP contribution in [0.15, 0.2) is 46.6 Å². The van der Waals surface area contributed by atoms with Crippen LogP contribution in [0.4, 0.5) is 5.69 Å². The molecule has 1 aliphatic heterocycles. The van der Waals surface area contributed by atoms with Gasteiger partial charge in [0.2, 0.25) is 0 Å². The molecule has 30 heavy (non-hydrogen) atoms. The molecule has 1 aliphatic carbocycles. The van der Waals surface area contributed by atoms with Gasteiger partial charge in [0.15, 0.2) is 0 Å². The number of benzene rings is 1. The molecule has 1 fully saturated rings. The number of aliphatic imine (C=N–C) groups is 2. The van der Waals surface area contributed by atoms with Crippen molar-refractivity contribution in [1.29, 1.82) is 0 Å². The molecule has 5 heteroatoms. The van der Waals surface area contributed by atoms with Crippen LogP contribution >= 0.6 is 0 Å². The maximum Gasteiger partial charge on any atom is 0.140 e. The number of methoxy groups -OCH3 is 1. The van der Waals surface area contributed by atoms with Gasteiger partial charge in [-0.05, 0) is 69.2 Å². The number of rotatable bonds is 2. The van der Waals surface area contributed by atoms with Crippen molar-refractivity contribution in [2.75, 3.05) is 7.11 Å². The maximum absolute atomic E-state index is 6.34. The van der Waals surface area contributed by atoms with Gasteiger partial charge in [0.25, 0.3) is 0 Å². The number of hydrogen-bond acceptors (Lipinski definition) is 5. The monoisotopic (exact) mass is 400 g/mol. The topological polar surface area (TPSA) is 72.9 Å². The highest BCUT2D eigenvalue weighted by atomic mass is 16.5. The number of ether oxygens (including phenoxy) is 1. The lowest BCUT2D eigenvalue weighted by Crippen LogP contribution is -2.40. The molecule has 0 amide bonds. The average Bonchev–Trinajstić information content (AvgIpc) is 2.75. The predicted molar refractivity (Wildman–Crippen MR) is 122 cm³/mol. The van der Waals surface area contributed by atoms with Crippen LogP contribution in [-0.2, 0) is 11.2 Å². The summed E-state index contributed by atoms with van der Waals surface area (Å²) in [6.07, 6.45) is 8.78. The average molecular weight is 401 g/mol. The zero-order chi connectivity index (χ0) is 21.1. The molecule has 1 aromatic carbocycles. The molecule has 2 aromatic rings. The molecule has 4 rings (SSSR count). The van der Waals surface area contributed by atoms with Crippen molar-refractivity contribution in [2.24, 2.45) is 15.7 Å². The van der Waals surface area contributed by atoms with Crippen LogP contribution in [0.3, 0.4) is 0 Å². The summed E-state index contributed by atoms with van der Waals surface area (Å²) < 4.78 is 5.57. The van der Waals surface area contributed by atoms with E-state index in [-0.39, 0.29) is 5.54 Å². The van der Waals surface area contributed by atoms with Gasteiger partial charge < -0.3 is 10.5 Å². The van der Waals surface area contributed by atoms with Crippen molar-refractivity contribution >= 4 is 17.2 Å². The van der Waals surface area contributed by atoms with E-state index < -0.39 is 0 Å². The molecule has 0 bridgehead atoms. The summed E-state index contributed by atoms with van der Waals surface area (Å²) in [5.74, 6) is 6.55. The summed E-state index contributed by atoms with van der Waals surface area (Å²) in [4.78, 5) is 14.1. The number of fused-ring (bicyclic) bond motifs is 1. The Morgan fingerprint density at radius 3 is 2.67 bits per heavy atom. The number of amidine groups is 1. The lowest BCUT2D eigenvalue weighted by Gasteiger charge is -2.38. The van der Waals surface area contributed by atoms with E-state index >= 15 is 0 Å². The van der Waals surface area contributed by atoms with Crippen LogP contribution in [-0.4, -0.2) is 35.3 Å². The Labute approximate surface area is 178 Å². The molecule has 2 aliphatic rings. The number of nitrogens with zero attached hydrogens (tertiary/aromatic N) is 3. The van der Waals surface area contributed by atoms with E-state index in [9.17, 15) is 0 Å². The third kappa shape index (κ3) is 4.15. The van der Waals surface area contributed by atoms with Crippen LogP contribution < -0.4 is 5.73 Å². The summed E-state index contributed by atoms with van der Waals surface area (Å²) in [6.45, 7) is 3.77. The first-order chi connectivity index (χ1) is 14.5. The Bertz CT molecular complexity index is 1070. The minimum absolute atomic E-state index is 0.176. The zero-order valence-electron chi connectivity index (χ0n) is 17.9. The molecule has 154 valence electrons. The van der Waals surface area contributed by atoms with Crippen LogP contribution in [0.25, 0.3) is 11.1 Å². The largest absolute Gasteiger partial charge is 0.382 e. The second kappa shape index (κ2) is 8.41. The maximum atomic E-state index is 6.34. The summed E-state index contributed by atoms with van der Waals surface area (Å²) in [5.41, 5.74) is 12.1. The van der Waals surface area contributed by atoms with Crippen molar-refractivity contribution in [3.05, 3.63) is 47.8 Å². The van der Waals surface area contributed by atoms with Gasteiger partial charge in [0.1, 0.15) is 5.84 Å². The normalized spacial score (nSPS) is 23.4. The first-order valence-electron chi connectivity index (χ1n) is 10.5. The lowest BCUT2D eigenvalue weighted by molar-refractivity contribution is 0.0504. The van der Waals surface area contributed by atoms with Gasteiger partial charge in [-0.2, -0.15) is 0 Å². The van der Waals surface area contributed by atoms with Gasteiger partial charge in [-0.15, -0.1) is 5.92 Å². The predicted octanol–water partition coefficient (Wildman–Crippen LogP) is 4.45. The van der Waals surface area contributed by atoms with Crippen LogP contribution in [0.1, 0.15) is 50.7 Å². The molecular formula is C25H28N4O. The van der Waals surface area contributed by atoms with Gasteiger partial charge in [0.05, 0.1) is 23.0 Å². The van der Waals surface area contributed by atoms with Crippen molar-refractivity contribution in [2.45, 2.75) is 57.6 Å². The quantitative estimate of drug-likeness (QED) is 0.757. The number of aromatic nitrogens is 1. The van der Waals surface area contributed by atoms with E-state index in [0.29, 0.717) is 11.9 Å². The van der Waals surface area contributed by atoms with Crippen molar-refractivity contribution in [1.82, 2.24) is 4.98 Å². The molecule has 0 unspecified atom stereocenters. The highest BCUT2D eigenvalue weighted by Crippen LogP contribution is 2.40. The van der Waals surface area contributed by atoms with E-state index in [1.807, 2.05) is 20.0 Å². The van der Waals surface area contributed by atoms with Gasteiger partial charge in [-0.25, -0.2) is 4.99 Å². The van der Waals surface area contributed by atoms with Gasteiger partial charge >= 0.3 is 0 Å². The van der Waals surface area contributed by atoms with Crippen LogP contribution in [0, 0.1) is 11.8 Å². The van der Waals surface area contributed by atoms with E-state index in [1.54, 1.807) is 13.3 Å². The van der Waals surface area contributed by atoms with Crippen molar-refractivity contribution in [3.63, 3.8) is 0 Å².